The highest BCUT2D eigenvalue weighted by atomic mass is 19.1. The first-order chi connectivity index (χ1) is 8.51. The Kier molecular flexibility index (Phi) is 4.65. The maximum atomic E-state index is 13.8. The van der Waals surface area contributed by atoms with Crippen LogP contribution >= 0.6 is 0 Å². The van der Waals surface area contributed by atoms with Gasteiger partial charge in [0.25, 0.3) is 5.91 Å². The summed E-state index contributed by atoms with van der Waals surface area (Å²) in [4.78, 5) is 23.6. The molecule has 1 aromatic carbocycles. The van der Waals surface area contributed by atoms with Gasteiger partial charge in [-0.2, -0.15) is 0 Å². The number of likely N-dealkylation sites (N-methyl/N-ethyl adjacent to an activating group) is 1. The van der Waals surface area contributed by atoms with Crippen LogP contribution in [0.1, 0.15) is 17.3 Å². The Bertz CT molecular complexity index is 461. The van der Waals surface area contributed by atoms with Crippen LogP contribution in [0.15, 0.2) is 18.2 Å². The summed E-state index contributed by atoms with van der Waals surface area (Å²) < 4.78 is 18.6. The molecule has 1 amide bonds. The van der Waals surface area contributed by atoms with E-state index in [1.54, 1.807) is 6.92 Å². The van der Waals surface area contributed by atoms with Crippen molar-refractivity contribution in [2.45, 2.75) is 6.92 Å². The number of methoxy groups -OCH3 is 1. The van der Waals surface area contributed by atoms with Crippen molar-refractivity contribution in [2.24, 2.45) is 0 Å². The predicted molar refractivity (Wildman–Crippen MR) is 62.2 cm³/mol. The molecule has 0 heterocycles. The highest BCUT2D eigenvalue weighted by Gasteiger charge is 2.21. The number of nitrogens with zero attached hydrogens (tertiary/aromatic N) is 1. The second-order valence-electron chi connectivity index (χ2n) is 3.53. The van der Waals surface area contributed by atoms with Crippen molar-refractivity contribution >= 4 is 11.9 Å². The van der Waals surface area contributed by atoms with Crippen molar-refractivity contribution in [3.8, 4) is 5.75 Å². The normalized spacial score (nSPS) is 9.94. The molecule has 0 aliphatic carbocycles. The van der Waals surface area contributed by atoms with Gasteiger partial charge in [0, 0.05) is 6.54 Å². The van der Waals surface area contributed by atoms with Crippen LogP contribution in [0.3, 0.4) is 0 Å². The molecule has 1 N–H and O–H groups in total. The maximum absolute atomic E-state index is 13.8. The molecule has 98 valence electrons. The van der Waals surface area contributed by atoms with Gasteiger partial charge in [0.15, 0.2) is 11.6 Å². The lowest BCUT2D eigenvalue weighted by Gasteiger charge is -2.19. The van der Waals surface area contributed by atoms with Crippen molar-refractivity contribution in [1.82, 2.24) is 4.90 Å². The maximum Gasteiger partial charge on any atom is 0.323 e. The van der Waals surface area contributed by atoms with Crippen molar-refractivity contribution in [1.29, 1.82) is 0 Å². The van der Waals surface area contributed by atoms with E-state index in [1.807, 2.05) is 0 Å². The smallest absolute Gasteiger partial charge is 0.323 e. The molecule has 1 rings (SSSR count). The number of carbonyl (C=O) groups excluding carboxylic acids is 1. The van der Waals surface area contributed by atoms with Crippen molar-refractivity contribution < 1.29 is 23.8 Å². The molecule has 1 aromatic rings. The number of ether oxygens (including phenoxy) is 1. The van der Waals surface area contributed by atoms with E-state index >= 15 is 0 Å². The van der Waals surface area contributed by atoms with Gasteiger partial charge in [-0.15, -0.1) is 0 Å². The van der Waals surface area contributed by atoms with Crippen LogP contribution in [0, 0.1) is 5.82 Å². The van der Waals surface area contributed by atoms with Crippen LogP contribution in [0.5, 0.6) is 5.75 Å². The minimum Gasteiger partial charge on any atom is -0.494 e. The first kappa shape index (κ1) is 14.0. The quantitative estimate of drug-likeness (QED) is 0.863. The molecule has 6 heteroatoms. The van der Waals surface area contributed by atoms with Gasteiger partial charge in [-0.1, -0.05) is 6.07 Å². The van der Waals surface area contributed by atoms with E-state index in [-0.39, 0.29) is 17.9 Å². The highest BCUT2D eigenvalue weighted by Crippen LogP contribution is 2.21. The molecule has 0 spiro atoms. The third-order valence-electron chi connectivity index (χ3n) is 2.41. The number of carboxylic acid groups (broad SMARTS) is 1. The van der Waals surface area contributed by atoms with Crippen molar-refractivity contribution in [3.05, 3.63) is 29.6 Å². The predicted octanol–water partition coefficient (Wildman–Crippen LogP) is 1.38. The molecule has 5 nitrogen and oxygen atoms in total. The van der Waals surface area contributed by atoms with E-state index in [9.17, 15) is 14.0 Å². The zero-order chi connectivity index (χ0) is 13.7. The van der Waals surface area contributed by atoms with Gasteiger partial charge in [-0.05, 0) is 19.1 Å². The Labute approximate surface area is 104 Å². The second-order valence-corrected chi connectivity index (χ2v) is 3.53. The summed E-state index contributed by atoms with van der Waals surface area (Å²) in [5.41, 5.74) is -0.197. The van der Waals surface area contributed by atoms with Crippen LogP contribution < -0.4 is 4.74 Å². The largest absolute Gasteiger partial charge is 0.494 e. The number of hydrogen-bond donors (Lipinski definition) is 1. The van der Waals surface area contributed by atoms with Crippen LogP contribution in [0.4, 0.5) is 4.39 Å². The lowest BCUT2D eigenvalue weighted by molar-refractivity contribution is -0.137. The first-order valence-corrected chi connectivity index (χ1v) is 5.34. The fourth-order valence-electron chi connectivity index (χ4n) is 1.49. The highest BCUT2D eigenvalue weighted by molar-refractivity contribution is 5.96. The summed E-state index contributed by atoms with van der Waals surface area (Å²) in [7, 11) is 1.29. The fourth-order valence-corrected chi connectivity index (χ4v) is 1.49. The number of aliphatic carboxylic acids is 1. The number of halogens is 1. The molecule has 0 saturated carbocycles. The third-order valence-corrected chi connectivity index (χ3v) is 2.41. The summed E-state index contributed by atoms with van der Waals surface area (Å²) >= 11 is 0. The molecule has 0 aliphatic rings. The molecule has 18 heavy (non-hydrogen) atoms. The Morgan fingerprint density at radius 1 is 1.44 bits per heavy atom. The topological polar surface area (TPSA) is 66.8 Å². The summed E-state index contributed by atoms with van der Waals surface area (Å²) in [5.74, 6) is -2.65. The molecule has 0 aliphatic heterocycles. The van der Waals surface area contributed by atoms with Crippen LogP contribution in [-0.4, -0.2) is 42.1 Å². The lowest BCUT2D eigenvalue weighted by atomic mass is 10.1. The SMILES string of the molecule is CCN(CC(=O)O)C(=O)c1cccc(OC)c1F. The van der Waals surface area contributed by atoms with E-state index < -0.39 is 24.2 Å². The van der Waals surface area contributed by atoms with E-state index in [2.05, 4.69) is 0 Å². The fraction of sp³-hybridized carbons (Fsp3) is 0.333. The summed E-state index contributed by atoms with van der Waals surface area (Å²) in [6.45, 7) is 1.34. The summed E-state index contributed by atoms with van der Waals surface area (Å²) in [6, 6.07) is 4.16. The summed E-state index contributed by atoms with van der Waals surface area (Å²) in [6.07, 6.45) is 0. The van der Waals surface area contributed by atoms with Gasteiger partial charge in [0.1, 0.15) is 6.54 Å². The molecule has 0 aromatic heterocycles. The number of amides is 1. The number of rotatable bonds is 5. The van der Waals surface area contributed by atoms with E-state index in [1.165, 1.54) is 25.3 Å². The monoisotopic (exact) mass is 255 g/mol. The molecule has 0 unspecified atom stereocenters. The zero-order valence-corrected chi connectivity index (χ0v) is 10.1. The minimum absolute atomic E-state index is 0.0489. The van der Waals surface area contributed by atoms with Gasteiger partial charge in [-0.25, -0.2) is 4.39 Å². The third kappa shape index (κ3) is 2.97. The van der Waals surface area contributed by atoms with Gasteiger partial charge >= 0.3 is 5.97 Å². The van der Waals surface area contributed by atoms with E-state index in [0.29, 0.717) is 0 Å². The number of benzene rings is 1. The molecular formula is C12H14FNO4. The number of carbonyl (C=O) groups is 2. The average molecular weight is 255 g/mol. The molecular weight excluding hydrogens is 241 g/mol. The molecule has 0 atom stereocenters. The Hall–Kier alpha value is -2.11. The lowest BCUT2D eigenvalue weighted by Crippen LogP contribution is -2.35. The Morgan fingerprint density at radius 2 is 2.11 bits per heavy atom. The standard InChI is InChI=1S/C12H14FNO4/c1-3-14(7-10(15)16)12(17)8-5-4-6-9(18-2)11(8)13/h4-6H,3,7H2,1-2H3,(H,15,16). The van der Waals surface area contributed by atoms with Crippen molar-refractivity contribution in [3.63, 3.8) is 0 Å². The molecule has 0 radical (unpaired) electrons. The number of hydrogen-bond acceptors (Lipinski definition) is 3. The van der Waals surface area contributed by atoms with Crippen LogP contribution in [0.2, 0.25) is 0 Å². The number of carboxylic acids is 1. The zero-order valence-electron chi connectivity index (χ0n) is 10.1. The van der Waals surface area contributed by atoms with Crippen LogP contribution in [0.25, 0.3) is 0 Å². The molecule has 0 bridgehead atoms. The molecule has 0 fully saturated rings. The van der Waals surface area contributed by atoms with Crippen LogP contribution in [-0.2, 0) is 4.79 Å². The van der Waals surface area contributed by atoms with E-state index in [0.717, 1.165) is 4.90 Å². The molecule has 0 saturated heterocycles. The van der Waals surface area contributed by atoms with Crippen molar-refractivity contribution in [2.75, 3.05) is 20.2 Å². The van der Waals surface area contributed by atoms with Gasteiger partial charge in [0.05, 0.1) is 12.7 Å². The Balaban J connectivity index is 3.05. The second kappa shape index (κ2) is 6.00. The first-order valence-electron chi connectivity index (χ1n) is 5.34. The van der Waals surface area contributed by atoms with Gasteiger partial charge in [0.2, 0.25) is 0 Å². The summed E-state index contributed by atoms with van der Waals surface area (Å²) in [5, 5.41) is 8.67. The minimum atomic E-state index is -1.14. The Morgan fingerprint density at radius 3 is 2.61 bits per heavy atom. The van der Waals surface area contributed by atoms with Gasteiger partial charge in [-0.3, -0.25) is 9.59 Å². The van der Waals surface area contributed by atoms with Gasteiger partial charge < -0.3 is 14.7 Å². The average Bonchev–Trinajstić information content (AvgIpc) is 2.35. The van der Waals surface area contributed by atoms with E-state index in [4.69, 9.17) is 9.84 Å².